The lowest BCUT2D eigenvalue weighted by atomic mass is 9.98. The summed E-state index contributed by atoms with van der Waals surface area (Å²) in [6.45, 7) is -0.134. The normalized spacial score (nSPS) is 14.4. The van der Waals surface area contributed by atoms with Crippen molar-refractivity contribution in [3.05, 3.63) is 57.5 Å². The van der Waals surface area contributed by atoms with Crippen molar-refractivity contribution >= 4 is 28.9 Å². The number of ether oxygens (including phenoxy) is 1. The first-order valence-electron chi connectivity index (χ1n) is 10.9. The topological polar surface area (TPSA) is 143 Å². The predicted octanol–water partition coefficient (Wildman–Crippen LogP) is 2.22. The third kappa shape index (κ3) is 5.16. The second kappa shape index (κ2) is 9.67. The molecule has 1 fully saturated rings. The fourth-order valence-corrected chi connectivity index (χ4v) is 4.08. The lowest BCUT2D eigenvalue weighted by Gasteiger charge is -2.21. The second-order valence-corrected chi connectivity index (χ2v) is 8.12. The molecular formula is C23H27N5O4. The van der Waals surface area contributed by atoms with Gasteiger partial charge in [-0.25, -0.2) is 0 Å². The quantitative estimate of drug-likeness (QED) is 0.417. The Hall–Kier alpha value is -3.62. The van der Waals surface area contributed by atoms with Crippen LogP contribution in [0.15, 0.2) is 35.3 Å². The van der Waals surface area contributed by atoms with Crippen molar-refractivity contribution in [2.75, 3.05) is 12.3 Å². The Morgan fingerprint density at radius 2 is 1.88 bits per heavy atom. The average Bonchev–Trinajstić information content (AvgIpc) is 3.20. The summed E-state index contributed by atoms with van der Waals surface area (Å²) in [4.78, 5) is 46.0. The molecule has 2 heterocycles. The minimum Gasteiger partial charge on any atom is -0.461 e. The number of aromatic amines is 2. The molecule has 0 aliphatic heterocycles. The van der Waals surface area contributed by atoms with Crippen LogP contribution in [0.1, 0.15) is 53.6 Å². The first-order valence-corrected chi connectivity index (χ1v) is 10.9. The number of rotatable bonds is 7. The SMILES string of the molecule is Nc1nc2[nH]cc(CCc3ccc(C(=O)NCC(=O)OC4CCCCC4)cc3)c2c(=O)[nH]1. The Labute approximate surface area is 184 Å². The van der Waals surface area contributed by atoms with Crippen LogP contribution in [0.25, 0.3) is 11.0 Å². The van der Waals surface area contributed by atoms with Crippen molar-refractivity contribution in [2.45, 2.75) is 51.0 Å². The fourth-order valence-electron chi connectivity index (χ4n) is 4.08. The number of aromatic nitrogens is 3. The van der Waals surface area contributed by atoms with Crippen LogP contribution in [0.5, 0.6) is 0 Å². The zero-order chi connectivity index (χ0) is 22.5. The number of hydrogen-bond acceptors (Lipinski definition) is 6. The molecular weight excluding hydrogens is 410 g/mol. The van der Waals surface area contributed by atoms with Crippen molar-refractivity contribution in [3.8, 4) is 0 Å². The maximum absolute atomic E-state index is 12.3. The van der Waals surface area contributed by atoms with E-state index < -0.39 is 5.97 Å². The number of aryl methyl sites for hydroxylation is 2. The van der Waals surface area contributed by atoms with Crippen molar-refractivity contribution in [3.63, 3.8) is 0 Å². The van der Waals surface area contributed by atoms with E-state index in [1.165, 1.54) is 6.42 Å². The van der Waals surface area contributed by atoms with Gasteiger partial charge in [0, 0.05) is 11.8 Å². The molecule has 0 bridgehead atoms. The van der Waals surface area contributed by atoms with E-state index in [2.05, 4.69) is 20.3 Å². The Morgan fingerprint density at radius 3 is 2.62 bits per heavy atom. The number of benzene rings is 1. The lowest BCUT2D eigenvalue weighted by molar-refractivity contribution is -0.149. The zero-order valence-electron chi connectivity index (χ0n) is 17.8. The summed E-state index contributed by atoms with van der Waals surface area (Å²) >= 11 is 0. The first-order chi connectivity index (χ1) is 15.5. The predicted molar refractivity (Wildman–Crippen MR) is 120 cm³/mol. The van der Waals surface area contributed by atoms with Crippen LogP contribution in [0.2, 0.25) is 0 Å². The molecule has 9 nitrogen and oxygen atoms in total. The number of hydrogen-bond donors (Lipinski definition) is 4. The number of nitrogen functional groups attached to an aromatic ring is 1. The Morgan fingerprint density at radius 1 is 1.12 bits per heavy atom. The van der Waals surface area contributed by atoms with Gasteiger partial charge in [0.05, 0.1) is 5.39 Å². The maximum atomic E-state index is 12.3. The van der Waals surface area contributed by atoms with Crippen LogP contribution < -0.4 is 16.6 Å². The number of H-pyrrole nitrogens is 2. The molecule has 0 radical (unpaired) electrons. The molecule has 9 heteroatoms. The smallest absolute Gasteiger partial charge is 0.325 e. The summed E-state index contributed by atoms with van der Waals surface area (Å²) in [7, 11) is 0. The number of carbonyl (C=O) groups is 2. The van der Waals surface area contributed by atoms with Crippen LogP contribution >= 0.6 is 0 Å². The van der Waals surface area contributed by atoms with Gasteiger partial charge >= 0.3 is 5.97 Å². The highest BCUT2D eigenvalue weighted by atomic mass is 16.5. The van der Waals surface area contributed by atoms with E-state index in [9.17, 15) is 14.4 Å². The zero-order valence-corrected chi connectivity index (χ0v) is 17.8. The average molecular weight is 438 g/mol. The largest absolute Gasteiger partial charge is 0.461 e. The second-order valence-electron chi connectivity index (χ2n) is 8.12. The van der Waals surface area contributed by atoms with Gasteiger partial charge in [-0.3, -0.25) is 19.4 Å². The highest BCUT2D eigenvalue weighted by molar-refractivity contribution is 5.95. The van der Waals surface area contributed by atoms with Gasteiger partial charge in [-0.1, -0.05) is 18.6 Å². The highest BCUT2D eigenvalue weighted by Gasteiger charge is 2.18. The van der Waals surface area contributed by atoms with Crippen molar-refractivity contribution in [1.82, 2.24) is 20.3 Å². The summed E-state index contributed by atoms with van der Waals surface area (Å²) in [5.74, 6) is -0.636. The van der Waals surface area contributed by atoms with E-state index in [-0.39, 0.29) is 30.1 Å². The molecule has 5 N–H and O–H groups in total. The molecule has 0 atom stereocenters. The number of nitrogens with one attached hydrogen (secondary N) is 3. The standard InChI is InChI=1S/C23H27N5O4/c24-23-27-20-19(22(31)28-23)16(12-25-20)11-8-14-6-9-15(10-7-14)21(30)26-13-18(29)32-17-4-2-1-3-5-17/h6-7,9-10,12,17H,1-5,8,11,13H2,(H,26,30)(H4,24,25,27,28,31). The van der Waals surface area contributed by atoms with Crippen LogP contribution in [0.4, 0.5) is 5.95 Å². The number of anilines is 1. The Balaban J connectivity index is 1.29. The summed E-state index contributed by atoms with van der Waals surface area (Å²) in [6, 6.07) is 7.18. The van der Waals surface area contributed by atoms with E-state index in [1.807, 2.05) is 12.1 Å². The summed E-state index contributed by atoms with van der Waals surface area (Å²) in [6.07, 6.45) is 8.22. The van der Waals surface area contributed by atoms with E-state index in [1.54, 1.807) is 18.3 Å². The molecule has 3 aromatic rings. The molecule has 4 rings (SSSR count). The third-order valence-electron chi connectivity index (χ3n) is 5.78. The fraction of sp³-hybridized carbons (Fsp3) is 0.391. The number of carbonyl (C=O) groups excluding carboxylic acids is 2. The molecule has 1 saturated carbocycles. The molecule has 2 aromatic heterocycles. The number of nitrogens with two attached hydrogens (primary N) is 1. The number of amides is 1. The van der Waals surface area contributed by atoms with Gasteiger partial charge in [0.25, 0.3) is 11.5 Å². The Bertz CT molecular complexity index is 1160. The van der Waals surface area contributed by atoms with Crippen LogP contribution in [-0.4, -0.2) is 39.5 Å². The molecule has 1 aromatic carbocycles. The molecule has 1 amide bonds. The molecule has 168 valence electrons. The van der Waals surface area contributed by atoms with Gasteiger partial charge in [0.2, 0.25) is 5.95 Å². The molecule has 1 aliphatic rings. The van der Waals surface area contributed by atoms with E-state index in [0.717, 1.165) is 36.8 Å². The number of esters is 1. The third-order valence-corrected chi connectivity index (χ3v) is 5.78. The van der Waals surface area contributed by atoms with Crippen molar-refractivity contribution in [1.29, 1.82) is 0 Å². The van der Waals surface area contributed by atoms with Gasteiger partial charge in [-0.2, -0.15) is 4.98 Å². The molecule has 32 heavy (non-hydrogen) atoms. The van der Waals surface area contributed by atoms with Gasteiger partial charge in [0.15, 0.2) is 0 Å². The van der Waals surface area contributed by atoms with Crippen molar-refractivity contribution < 1.29 is 14.3 Å². The molecule has 0 saturated heterocycles. The highest BCUT2D eigenvalue weighted by Crippen LogP contribution is 2.20. The van der Waals surface area contributed by atoms with Gasteiger partial charge in [-0.05, 0) is 61.8 Å². The van der Waals surface area contributed by atoms with Crippen molar-refractivity contribution in [2.24, 2.45) is 0 Å². The van der Waals surface area contributed by atoms with Gasteiger partial charge in [0.1, 0.15) is 18.3 Å². The molecule has 1 aliphatic carbocycles. The van der Waals surface area contributed by atoms with Crippen LogP contribution in [-0.2, 0) is 22.4 Å². The van der Waals surface area contributed by atoms with Gasteiger partial charge < -0.3 is 20.8 Å². The Kier molecular flexibility index (Phi) is 6.53. The maximum Gasteiger partial charge on any atom is 0.325 e. The van der Waals surface area contributed by atoms with Crippen LogP contribution in [0, 0.1) is 0 Å². The minimum absolute atomic E-state index is 0.0201. The molecule has 0 spiro atoms. The van der Waals surface area contributed by atoms with E-state index in [4.69, 9.17) is 10.5 Å². The van der Waals surface area contributed by atoms with Gasteiger partial charge in [-0.15, -0.1) is 0 Å². The number of nitrogens with zero attached hydrogens (tertiary/aromatic N) is 1. The van der Waals surface area contributed by atoms with Crippen LogP contribution in [0.3, 0.4) is 0 Å². The first kappa shape index (κ1) is 21.6. The number of fused-ring (bicyclic) bond motifs is 1. The lowest BCUT2D eigenvalue weighted by Crippen LogP contribution is -2.33. The molecule has 0 unspecified atom stereocenters. The monoisotopic (exact) mass is 437 g/mol. The summed E-state index contributed by atoms with van der Waals surface area (Å²) in [5, 5.41) is 3.13. The van der Waals surface area contributed by atoms with E-state index >= 15 is 0 Å². The summed E-state index contributed by atoms with van der Waals surface area (Å²) in [5.41, 5.74) is 8.12. The minimum atomic E-state index is -0.396. The summed E-state index contributed by atoms with van der Waals surface area (Å²) < 4.78 is 5.42. The van der Waals surface area contributed by atoms with E-state index in [0.29, 0.717) is 29.4 Å².